The number of hydrogen-bond acceptors (Lipinski definition) is 4. The molecule has 0 saturated carbocycles. The molecular formula is C8H3BrCl2N2OS. The third-order valence-corrected chi connectivity index (χ3v) is 3.17. The van der Waals surface area contributed by atoms with Gasteiger partial charge in [0.1, 0.15) is 5.75 Å². The topological polar surface area (TPSA) is 35.0 Å². The van der Waals surface area contributed by atoms with Crippen molar-refractivity contribution in [2.75, 3.05) is 0 Å². The summed E-state index contributed by atoms with van der Waals surface area (Å²) < 4.78 is 13.9. The van der Waals surface area contributed by atoms with Crippen molar-refractivity contribution in [1.82, 2.24) is 8.75 Å². The zero-order valence-corrected chi connectivity index (χ0v) is 11.0. The van der Waals surface area contributed by atoms with Crippen LogP contribution in [-0.4, -0.2) is 8.75 Å². The summed E-state index contributed by atoms with van der Waals surface area (Å²) in [6, 6.07) is 5.27. The van der Waals surface area contributed by atoms with Crippen molar-refractivity contribution >= 4 is 50.9 Å². The van der Waals surface area contributed by atoms with E-state index in [1.807, 2.05) is 6.07 Å². The Kier molecular flexibility index (Phi) is 3.45. The number of nitrogens with zero attached hydrogens (tertiary/aromatic N) is 2. The van der Waals surface area contributed by atoms with Gasteiger partial charge in [-0.25, -0.2) is 0 Å². The molecule has 0 fully saturated rings. The van der Waals surface area contributed by atoms with E-state index in [1.165, 1.54) is 0 Å². The van der Waals surface area contributed by atoms with Crippen molar-refractivity contribution in [2.45, 2.75) is 0 Å². The third kappa shape index (κ3) is 2.60. The maximum atomic E-state index is 5.96. The van der Waals surface area contributed by atoms with Crippen molar-refractivity contribution in [2.24, 2.45) is 0 Å². The molecule has 2 rings (SSSR count). The average molecular weight is 326 g/mol. The van der Waals surface area contributed by atoms with Crippen LogP contribution in [0.5, 0.6) is 11.6 Å². The second-order valence-electron chi connectivity index (χ2n) is 2.54. The Labute approximate surface area is 108 Å². The van der Waals surface area contributed by atoms with Gasteiger partial charge in [0.05, 0.1) is 16.8 Å². The number of ether oxygens (including phenoxy) is 1. The number of rotatable bonds is 2. The van der Waals surface area contributed by atoms with E-state index in [2.05, 4.69) is 24.7 Å². The van der Waals surface area contributed by atoms with E-state index < -0.39 is 0 Å². The van der Waals surface area contributed by atoms with Crippen LogP contribution in [0.4, 0.5) is 0 Å². The molecule has 15 heavy (non-hydrogen) atoms. The van der Waals surface area contributed by atoms with Crippen LogP contribution in [0.2, 0.25) is 10.2 Å². The lowest BCUT2D eigenvalue weighted by molar-refractivity contribution is 0.468. The molecule has 0 spiro atoms. The first kappa shape index (κ1) is 11.1. The van der Waals surface area contributed by atoms with Crippen LogP contribution in [-0.2, 0) is 0 Å². The highest BCUT2D eigenvalue weighted by molar-refractivity contribution is 9.10. The van der Waals surface area contributed by atoms with Gasteiger partial charge in [0.25, 0.3) is 5.88 Å². The smallest absolute Gasteiger partial charge is 0.270 e. The zero-order chi connectivity index (χ0) is 10.8. The minimum atomic E-state index is 0.235. The number of benzene rings is 1. The summed E-state index contributed by atoms with van der Waals surface area (Å²) in [6.07, 6.45) is 0. The van der Waals surface area contributed by atoms with E-state index in [0.29, 0.717) is 10.8 Å². The molecule has 2 aromatic rings. The van der Waals surface area contributed by atoms with Crippen LogP contribution in [0.15, 0.2) is 22.7 Å². The first-order valence-corrected chi connectivity index (χ1v) is 6.05. The summed E-state index contributed by atoms with van der Waals surface area (Å²) in [5, 5.41) is 0.715. The predicted molar refractivity (Wildman–Crippen MR) is 64.1 cm³/mol. The zero-order valence-electron chi connectivity index (χ0n) is 7.08. The van der Waals surface area contributed by atoms with Crippen molar-refractivity contribution in [3.8, 4) is 11.6 Å². The van der Waals surface area contributed by atoms with E-state index in [-0.39, 0.29) is 11.0 Å². The summed E-state index contributed by atoms with van der Waals surface area (Å²) in [7, 11) is 0. The van der Waals surface area contributed by atoms with Gasteiger partial charge in [0, 0.05) is 4.47 Å². The van der Waals surface area contributed by atoms with Gasteiger partial charge in [-0.3, -0.25) is 0 Å². The standard InChI is InChI=1S/C8H3BrCl2N2OS/c9-4-1-2-6(5(10)3-4)14-8-7(11)12-15-13-8/h1-3H. The molecule has 0 radical (unpaired) electrons. The summed E-state index contributed by atoms with van der Waals surface area (Å²) in [4.78, 5) is 0. The van der Waals surface area contributed by atoms with Crippen LogP contribution >= 0.6 is 50.9 Å². The highest BCUT2D eigenvalue weighted by Crippen LogP contribution is 2.33. The maximum absolute atomic E-state index is 5.96. The van der Waals surface area contributed by atoms with Crippen LogP contribution in [0.3, 0.4) is 0 Å². The van der Waals surface area contributed by atoms with Crippen molar-refractivity contribution in [3.63, 3.8) is 0 Å². The number of halogens is 3. The Bertz CT molecular complexity index is 491. The lowest BCUT2D eigenvalue weighted by atomic mass is 10.3. The Morgan fingerprint density at radius 2 is 2.07 bits per heavy atom. The molecule has 3 nitrogen and oxygen atoms in total. The summed E-state index contributed by atoms with van der Waals surface area (Å²) in [6.45, 7) is 0. The average Bonchev–Trinajstić information content (AvgIpc) is 2.57. The highest BCUT2D eigenvalue weighted by atomic mass is 79.9. The summed E-state index contributed by atoms with van der Waals surface area (Å²) >= 11 is 16.0. The molecule has 0 atom stereocenters. The quantitative estimate of drug-likeness (QED) is 0.820. The SMILES string of the molecule is Clc1cc(Br)ccc1Oc1nsnc1Cl. The number of aromatic nitrogens is 2. The van der Waals surface area contributed by atoms with Gasteiger partial charge in [-0.05, 0) is 18.2 Å². The first-order chi connectivity index (χ1) is 7.16. The second kappa shape index (κ2) is 4.65. The van der Waals surface area contributed by atoms with Gasteiger partial charge >= 0.3 is 0 Å². The van der Waals surface area contributed by atoms with Gasteiger partial charge in [0.15, 0.2) is 0 Å². The molecule has 7 heteroatoms. The molecule has 0 saturated heterocycles. The highest BCUT2D eigenvalue weighted by Gasteiger charge is 2.10. The molecule has 0 aliphatic carbocycles. The minimum Gasteiger partial charge on any atom is -0.434 e. The fraction of sp³-hybridized carbons (Fsp3) is 0. The third-order valence-electron chi connectivity index (χ3n) is 1.52. The molecule has 0 aliphatic heterocycles. The monoisotopic (exact) mass is 324 g/mol. The van der Waals surface area contributed by atoms with Crippen LogP contribution in [0.25, 0.3) is 0 Å². The first-order valence-electron chi connectivity index (χ1n) is 3.78. The second-order valence-corrected chi connectivity index (χ2v) is 4.75. The lowest BCUT2D eigenvalue weighted by Gasteiger charge is -2.04. The Hall–Kier alpha value is -0.360. The Morgan fingerprint density at radius 3 is 2.67 bits per heavy atom. The minimum absolute atomic E-state index is 0.235. The van der Waals surface area contributed by atoms with E-state index >= 15 is 0 Å². The van der Waals surface area contributed by atoms with Crippen LogP contribution in [0.1, 0.15) is 0 Å². The van der Waals surface area contributed by atoms with Gasteiger partial charge in [-0.1, -0.05) is 39.1 Å². The molecular weight excluding hydrogens is 323 g/mol. The van der Waals surface area contributed by atoms with Gasteiger partial charge < -0.3 is 4.74 Å². The lowest BCUT2D eigenvalue weighted by Crippen LogP contribution is -1.85. The number of hydrogen-bond donors (Lipinski definition) is 0. The van der Waals surface area contributed by atoms with Gasteiger partial charge in [-0.2, -0.15) is 4.37 Å². The van der Waals surface area contributed by atoms with E-state index in [1.54, 1.807) is 12.1 Å². The van der Waals surface area contributed by atoms with Gasteiger partial charge in [0.2, 0.25) is 5.15 Å². The summed E-state index contributed by atoms with van der Waals surface area (Å²) in [5.74, 6) is 0.764. The fourth-order valence-electron chi connectivity index (χ4n) is 0.893. The maximum Gasteiger partial charge on any atom is 0.270 e. The normalized spacial score (nSPS) is 10.3. The molecule has 0 unspecified atom stereocenters. The molecule has 1 aromatic heterocycles. The Balaban J connectivity index is 2.29. The molecule has 1 heterocycles. The summed E-state index contributed by atoms with van der Waals surface area (Å²) in [5.41, 5.74) is 0. The fourth-order valence-corrected chi connectivity index (χ4v) is 2.22. The molecule has 0 bridgehead atoms. The van der Waals surface area contributed by atoms with E-state index in [9.17, 15) is 0 Å². The van der Waals surface area contributed by atoms with E-state index in [0.717, 1.165) is 16.2 Å². The van der Waals surface area contributed by atoms with Crippen molar-refractivity contribution in [3.05, 3.63) is 32.8 Å². The molecule has 1 aromatic carbocycles. The predicted octanol–water partition coefficient (Wildman–Crippen LogP) is 4.40. The van der Waals surface area contributed by atoms with E-state index in [4.69, 9.17) is 27.9 Å². The molecule has 0 N–H and O–H groups in total. The van der Waals surface area contributed by atoms with Crippen molar-refractivity contribution < 1.29 is 4.74 Å². The van der Waals surface area contributed by atoms with Gasteiger partial charge in [-0.15, -0.1) is 4.37 Å². The molecule has 78 valence electrons. The molecule has 0 amide bonds. The van der Waals surface area contributed by atoms with Crippen LogP contribution in [0, 0.1) is 0 Å². The largest absolute Gasteiger partial charge is 0.434 e. The Morgan fingerprint density at radius 1 is 1.27 bits per heavy atom. The van der Waals surface area contributed by atoms with Crippen molar-refractivity contribution in [1.29, 1.82) is 0 Å². The van der Waals surface area contributed by atoms with Crippen LogP contribution < -0.4 is 4.74 Å². The molecule has 0 aliphatic rings.